The first-order valence-corrected chi connectivity index (χ1v) is 11.3. The van der Waals surface area contributed by atoms with Crippen LogP contribution in [-0.4, -0.2) is 46.0 Å². The number of nitrogens with zero attached hydrogens (tertiary/aromatic N) is 1. The number of anilines is 1. The number of ketones is 1. The first-order chi connectivity index (χ1) is 17.6. The minimum Gasteiger partial charge on any atom is -0.481 e. The molecule has 3 aromatic rings. The molecule has 9 nitrogen and oxygen atoms in total. The summed E-state index contributed by atoms with van der Waals surface area (Å²) in [5.74, 6) is -3.83. The molecule has 1 heterocycles. The van der Waals surface area contributed by atoms with Crippen molar-refractivity contribution in [1.29, 1.82) is 0 Å². The van der Waals surface area contributed by atoms with Crippen LogP contribution in [0.2, 0.25) is 0 Å². The summed E-state index contributed by atoms with van der Waals surface area (Å²) >= 11 is 0. The van der Waals surface area contributed by atoms with Crippen molar-refractivity contribution in [2.75, 3.05) is 12.0 Å². The van der Waals surface area contributed by atoms with Crippen molar-refractivity contribution >= 4 is 29.3 Å². The largest absolute Gasteiger partial charge is 0.481 e. The van der Waals surface area contributed by atoms with E-state index >= 15 is 0 Å². The molecule has 0 aliphatic rings. The van der Waals surface area contributed by atoms with Gasteiger partial charge in [-0.2, -0.15) is 0 Å². The van der Waals surface area contributed by atoms with Crippen molar-refractivity contribution in [3.8, 4) is 0 Å². The third kappa shape index (κ3) is 9.52. The van der Waals surface area contributed by atoms with Crippen LogP contribution in [0.15, 0.2) is 77.7 Å². The maximum atomic E-state index is 12.6. The second-order valence-corrected chi connectivity index (χ2v) is 8.16. The molecule has 194 valence electrons. The molecule has 37 heavy (non-hydrogen) atoms. The maximum absolute atomic E-state index is 12.6. The highest BCUT2D eigenvalue weighted by atomic mass is 19.1. The molecule has 3 rings (SSSR count). The quantitative estimate of drug-likeness (QED) is 0.406. The highest BCUT2D eigenvalue weighted by Gasteiger charge is 2.24. The Morgan fingerprint density at radius 2 is 1.54 bits per heavy atom. The molecule has 0 saturated carbocycles. The number of aryl methyl sites for hydroxylation is 2. The number of carboxylic acids is 1. The highest BCUT2D eigenvalue weighted by molar-refractivity contribution is 6.04. The lowest BCUT2D eigenvalue weighted by molar-refractivity contribution is -0.140. The van der Waals surface area contributed by atoms with Crippen LogP contribution >= 0.6 is 0 Å². The van der Waals surface area contributed by atoms with Crippen molar-refractivity contribution in [2.24, 2.45) is 0 Å². The zero-order valence-electron chi connectivity index (χ0n) is 20.4. The van der Waals surface area contributed by atoms with Crippen molar-refractivity contribution in [2.45, 2.75) is 32.9 Å². The van der Waals surface area contributed by atoms with Gasteiger partial charge in [0.25, 0.3) is 11.5 Å². The van der Waals surface area contributed by atoms with Crippen LogP contribution in [0, 0.1) is 13.8 Å². The van der Waals surface area contributed by atoms with Gasteiger partial charge in [0.2, 0.25) is 5.91 Å². The zero-order chi connectivity index (χ0) is 27.4. The van der Waals surface area contributed by atoms with Crippen molar-refractivity contribution in [3.05, 3.63) is 100.0 Å². The van der Waals surface area contributed by atoms with E-state index in [1.54, 1.807) is 37.3 Å². The monoisotopic (exact) mass is 509 g/mol. The number of halogens is 1. The van der Waals surface area contributed by atoms with Gasteiger partial charge in [0.15, 0.2) is 5.78 Å². The molecule has 0 spiro atoms. The maximum Gasteiger partial charge on any atom is 0.305 e. The molecule has 2 aromatic carbocycles. The van der Waals surface area contributed by atoms with Crippen LogP contribution in [0.5, 0.6) is 0 Å². The highest BCUT2D eigenvalue weighted by Crippen LogP contribution is 2.08. The summed E-state index contributed by atoms with van der Waals surface area (Å²) in [6.07, 6.45) is 0.582. The molecular formula is C27H28FN3O6. The number of hydrogen-bond acceptors (Lipinski definition) is 5. The second kappa shape index (κ2) is 14.1. The number of amides is 2. The van der Waals surface area contributed by atoms with Crippen LogP contribution < -0.4 is 16.2 Å². The molecule has 1 unspecified atom stereocenters. The van der Waals surface area contributed by atoms with E-state index in [1.807, 2.05) is 18.2 Å². The molecule has 0 aliphatic carbocycles. The van der Waals surface area contributed by atoms with Gasteiger partial charge in [-0.05, 0) is 37.6 Å². The summed E-state index contributed by atoms with van der Waals surface area (Å²) in [4.78, 5) is 59.5. The van der Waals surface area contributed by atoms with Gasteiger partial charge in [0, 0.05) is 11.8 Å². The first-order valence-electron chi connectivity index (χ1n) is 11.3. The predicted molar refractivity (Wildman–Crippen MR) is 136 cm³/mol. The third-order valence-corrected chi connectivity index (χ3v) is 5.00. The van der Waals surface area contributed by atoms with E-state index < -0.39 is 54.8 Å². The van der Waals surface area contributed by atoms with E-state index in [9.17, 15) is 28.4 Å². The Hall–Kier alpha value is -4.60. The Balaban J connectivity index is 0.000000591. The lowest BCUT2D eigenvalue weighted by Gasteiger charge is -2.16. The Bertz CT molecular complexity index is 1290. The fourth-order valence-electron chi connectivity index (χ4n) is 3.22. The predicted octanol–water partition coefficient (Wildman–Crippen LogP) is 2.90. The minimum atomic E-state index is -1.54. The number of hydrogen-bond donors (Lipinski definition) is 3. The van der Waals surface area contributed by atoms with Crippen LogP contribution in [0.25, 0.3) is 0 Å². The Morgan fingerprint density at radius 3 is 2.05 bits per heavy atom. The van der Waals surface area contributed by atoms with Gasteiger partial charge in [-0.1, -0.05) is 54.1 Å². The number of nitrogens with one attached hydrogen (secondary N) is 2. The van der Waals surface area contributed by atoms with Gasteiger partial charge in [-0.25, -0.2) is 4.39 Å². The summed E-state index contributed by atoms with van der Waals surface area (Å²) in [6.45, 7) is 1.74. The van der Waals surface area contributed by atoms with Gasteiger partial charge in [0.1, 0.15) is 24.9 Å². The van der Waals surface area contributed by atoms with Gasteiger partial charge >= 0.3 is 5.97 Å². The zero-order valence-corrected chi connectivity index (χ0v) is 20.4. The summed E-state index contributed by atoms with van der Waals surface area (Å²) in [5, 5.41) is 13.4. The minimum absolute atomic E-state index is 0.0569. The summed E-state index contributed by atoms with van der Waals surface area (Å²) in [6, 6.07) is 18.4. The Kier molecular flexibility index (Phi) is 10.9. The average molecular weight is 510 g/mol. The lowest BCUT2D eigenvalue weighted by atomic mass is 10.1. The van der Waals surface area contributed by atoms with E-state index in [4.69, 9.17) is 5.11 Å². The van der Waals surface area contributed by atoms with Crippen molar-refractivity contribution < 1.29 is 28.7 Å². The van der Waals surface area contributed by atoms with Gasteiger partial charge in [-0.15, -0.1) is 0 Å². The third-order valence-electron chi connectivity index (χ3n) is 5.00. The fraction of sp³-hybridized carbons (Fsp3) is 0.222. The molecule has 0 fully saturated rings. The van der Waals surface area contributed by atoms with E-state index in [1.165, 1.54) is 17.8 Å². The van der Waals surface area contributed by atoms with Crippen LogP contribution in [0.4, 0.5) is 10.1 Å². The number of Topliss-reactive ketones (excluding diaryl/α,β-unsaturated/α-hetero) is 1. The van der Waals surface area contributed by atoms with Crippen molar-refractivity contribution in [3.63, 3.8) is 0 Å². The number of carboxylic acid groups (broad SMARTS) is 1. The molecule has 10 heteroatoms. The molecule has 0 bridgehead atoms. The Labute approximate surface area is 212 Å². The molecule has 0 aliphatic heterocycles. The summed E-state index contributed by atoms with van der Waals surface area (Å²) in [5.41, 5.74) is 1.49. The van der Waals surface area contributed by atoms with Gasteiger partial charge in [0.05, 0.1) is 6.42 Å². The van der Waals surface area contributed by atoms with E-state index in [-0.39, 0.29) is 5.69 Å². The SMILES string of the molecule is Cc1cc(NC(=O)c2ccccc2)c(=O)n(CC(=O)NC(CC(=O)O)C(=O)CF)c1.Cc1ccccc1. The molecular weight excluding hydrogens is 481 g/mol. The number of alkyl halides is 1. The van der Waals surface area contributed by atoms with Crippen LogP contribution in [0.3, 0.4) is 0 Å². The second-order valence-electron chi connectivity index (χ2n) is 8.16. The number of carbonyl (C=O) groups is 4. The molecule has 1 aromatic heterocycles. The topological polar surface area (TPSA) is 135 Å². The van der Waals surface area contributed by atoms with E-state index in [0.29, 0.717) is 11.1 Å². The van der Waals surface area contributed by atoms with E-state index in [2.05, 4.69) is 29.7 Å². The molecule has 0 radical (unpaired) electrons. The number of benzene rings is 2. The summed E-state index contributed by atoms with van der Waals surface area (Å²) in [7, 11) is 0. The normalized spacial score (nSPS) is 10.9. The number of aliphatic carboxylic acids is 1. The number of carbonyl (C=O) groups excluding carboxylic acids is 3. The Morgan fingerprint density at radius 1 is 0.946 bits per heavy atom. The molecule has 0 saturated heterocycles. The number of rotatable bonds is 9. The first kappa shape index (κ1) is 28.6. The summed E-state index contributed by atoms with van der Waals surface area (Å²) < 4.78 is 13.6. The standard InChI is InChI=1S/C20H20FN3O6.C7H8/c1-12-7-15(23-19(29)13-5-3-2-4-6-13)20(30)24(10-12)11-17(26)22-14(8-18(27)28)16(25)9-21;1-7-5-3-2-4-6-7/h2-7,10,14H,8-9,11H2,1H3,(H,22,26)(H,23,29)(H,27,28);2-6H,1H3. The number of aromatic nitrogens is 1. The molecule has 1 atom stereocenters. The van der Waals surface area contributed by atoms with Crippen LogP contribution in [0.1, 0.15) is 27.9 Å². The smallest absolute Gasteiger partial charge is 0.305 e. The van der Waals surface area contributed by atoms with Gasteiger partial charge < -0.3 is 20.3 Å². The lowest BCUT2D eigenvalue weighted by Crippen LogP contribution is -2.45. The fourth-order valence-corrected chi connectivity index (χ4v) is 3.22. The average Bonchev–Trinajstić information content (AvgIpc) is 2.87. The van der Waals surface area contributed by atoms with Crippen molar-refractivity contribution in [1.82, 2.24) is 9.88 Å². The van der Waals surface area contributed by atoms with E-state index in [0.717, 1.165) is 4.57 Å². The van der Waals surface area contributed by atoms with Crippen LogP contribution in [-0.2, 0) is 20.9 Å². The molecule has 2 amide bonds. The van der Waals surface area contributed by atoms with Gasteiger partial charge in [-0.3, -0.25) is 24.0 Å². The number of pyridine rings is 1. The molecule has 3 N–H and O–H groups in total.